The van der Waals surface area contributed by atoms with Crippen LogP contribution in [0.5, 0.6) is 0 Å². The third-order valence-electron chi connectivity index (χ3n) is 8.96. The summed E-state index contributed by atoms with van der Waals surface area (Å²) in [4.78, 5) is 16.6. The van der Waals surface area contributed by atoms with Crippen LogP contribution in [0.1, 0.15) is 0 Å². The second-order valence-corrected chi connectivity index (χ2v) is 13.2. The highest BCUT2D eigenvalue weighted by molar-refractivity contribution is 7.21. The summed E-state index contributed by atoms with van der Waals surface area (Å²) in [5.41, 5.74) is 10.2. The molecule has 50 heavy (non-hydrogen) atoms. The Bertz CT molecular complexity index is 2580. The lowest BCUT2D eigenvalue weighted by Crippen LogP contribution is -2.09. The molecule has 7 aromatic carbocycles. The van der Waals surface area contributed by atoms with Gasteiger partial charge in [-0.05, 0) is 120 Å². The molecule has 0 atom stereocenters. The van der Waals surface area contributed by atoms with Crippen LogP contribution in [0.4, 0.5) is 17.1 Å². The molecule has 3 heterocycles. The number of benzene rings is 7. The molecule has 0 fully saturated rings. The molecule has 6 nitrogen and oxygen atoms in total. The van der Waals surface area contributed by atoms with Gasteiger partial charge in [-0.1, -0.05) is 48.5 Å². The molecule has 0 amide bonds. The molecule has 0 spiro atoms. The number of oxazole rings is 2. The van der Waals surface area contributed by atoms with Crippen molar-refractivity contribution in [3.8, 4) is 33.5 Å². The second-order valence-electron chi connectivity index (χ2n) is 12.1. The zero-order valence-corrected chi connectivity index (χ0v) is 27.3. The van der Waals surface area contributed by atoms with Crippen molar-refractivity contribution in [1.29, 1.82) is 0 Å². The first kappa shape index (κ1) is 28.4. The van der Waals surface area contributed by atoms with Gasteiger partial charge < -0.3 is 13.7 Å². The van der Waals surface area contributed by atoms with Crippen LogP contribution in [0.25, 0.3) is 76.7 Å². The van der Waals surface area contributed by atoms with E-state index in [0.29, 0.717) is 11.8 Å². The van der Waals surface area contributed by atoms with E-state index in [4.69, 9.17) is 23.8 Å². The zero-order chi connectivity index (χ0) is 33.0. The fourth-order valence-electron chi connectivity index (χ4n) is 6.43. The van der Waals surface area contributed by atoms with E-state index in [2.05, 4.69) is 114 Å². The maximum atomic E-state index is 6.06. The Morgan fingerprint density at radius 3 is 1.40 bits per heavy atom. The number of para-hydroxylation sites is 4. The first-order valence-corrected chi connectivity index (χ1v) is 17.2. The summed E-state index contributed by atoms with van der Waals surface area (Å²) >= 11 is 1.72. The molecular formula is C43H26N4O2S. The van der Waals surface area contributed by atoms with Crippen LogP contribution in [0.3, 0.4) is 0 Å². The van der Waals surface area contributed by atoms with E-state index < -0.39 is 0 Å². The quantitative estimate of drug-likeness (QED) is 0.176. The minimum absolute atomic E-state index is 0.597. The minimum atomic E-state index is 0.597. The summed E-state index contributed by atoms with van der Waals surface area (Å²) in [7, 11) is 0. The highest BCUT2D eigenvalue weighted by atomic mass is 32.1. The van der Waals surface area contributed by atoms with Crippen molar-refractivity contribution in [1.82, 2.24) is 15.0 Å². The third kappa shape index (κ3) is 5.00. The summed E-state index contributed by atoms with van der Waals surface area (Å²) in [6, 6.07) is 53.7. The SMILES string of the molecule is c1ccc2cc3sc(-c4ccc(N(c5ccc(-c6nc7ccccc7o6)cc5)c5ccc(-c6nc7ccccc7o6)cc5)cc4)nc3cc2c1. The lowest BCUT2D eigenvalue weighted by Gasteiger charge is -2.26. The van der Waals surface area contributed by atoms with Crippen molar-refractivity contribution in [3.63, 3.8) is 0 Å². The highest BCUT2D eigenvalue weighted by Crippen LogP contribution is 2.39. The summed E-state index contributed by atoms with van der Waals surface area (Å²) < 4.78 is 13.3. The van der Waals surface area contributed by atoms with E-state index in [-0.39, 0.29) is 0 Å². The molecule has 0 aliphatic rings. The zero-order valence-electron chi connectivity index (χ0n) is 26.5. The Labute approximate surface area is 290 Å². The summed E-state index contributed by atoms with van der Waals surface area (Å²) in [6.45, 7) is 0. The molecule has 0 radical (unpaired) electrons. The third-order valence-corrected chi connectivity index (χ3v) is 10.0. The van der Waals surface area contributed by atoms with Gasteiger partial charge in [-0.3, -0.25) is 0 Å². The molecule has 0 unspecified atom stereocenters. The van der Waals surface area contributed by atoms with Crippen molar-refractivity contribution in [2.75, 3.05) is 4.90 Å². The molecule has 0 N–H and O–H groups in total. The number of hydrogen-bond donors (Lipinski definition) is 0. The topological polar surface area (TPSA) is 68.2 Å². The standard InChI is InChI=1S/C43H26N4O2S/c1-2-8-31-26-40-37(25-30(31)7-1)46-43(50-40)29-17-23-34(24-18-29)47(32-19-13-27(14-20-32)41-44-35-9-3-5-11-38(35)48-41)33-21-15-28(16-22-33)42-45-36-10-4-6-12-39(36)49-42/h1-26H. The summed E-state index contributed by atoms with van der Waals surface area (Å²) in [5.74, 6) is 1.19. The molecule has 0 aliphatic heterocycles. The van der Waals surface area contributed by atoms with Gasteiger partial charge in [0.2, 0.25) is 11.8 Å². The first-order valence-electron chi connectivity index (χ1n) is 16.3. The van der Waals surface area contributed by atoms with E-state index in [1.807, 2.05) is 48.5 Å². The molecule has 10 rings (SSSR count). The minimum Gasteiger partial charge on any atom is -0.436 e. The van der Waals surface area contributed by atoms with Crippen molar-refractivity contribution in [2.45, 2.75) is 0 Å². The van der Waals surface area contributed by atoms with Gasteiger partial charge in [0.05, 0.1) is 10.2 Å². The Kier molecular flexibility index (Phi) is 6.57. The van der Waals surface area contributed by atoms with Crippen LogP contribution in [-0.2, 0) is 0 Å². The van der Waals surface area contributed by atoms with E-state index in [1.54, 1.807) is 11.3 Å². The number of rotatable bonds is 6. The summed E-state index contributed by atoms with van der Waals surface area (Å²) in [5, 5.41) is 3.43. The normalized spacial score (nSPS) is 11.6. The van der Waals surface area contributed by atoms with E-state index in [0.717, 1.165) is 66.5 Å². The molecule has 236 valence electrons. The van der Waals surface area contributed by atoms with Crippen LogP contribution in [0.15, 0.2) is 167 Å². The Hall–Kier alpha value is -6.57. The average Bonchev–Trinajstić information content (AvgIpc) is 3.92. The van der Waals surface area contributed by atoms with Gasteiger partial charge in [-0.25, -0.2) is 15.0 Å². The molecule has 0 saturated carbocycles. The average molecular weight is 663 g/mol. The molecule has 0 bridgehead atoms. The molecule has 0 aliphatic carbocycles. The van der Waals surface area contributed by atoms with Crippen LogP contribution in [-0.4, -0.2) is 15.0 Å². The van der Waals surface area contributed by atoms with Gasteiger partial charge in [0, 0.05) is 33.8 Å². The van der Waals surface area contributed by atoms with Gasteiger partial charge in [-0.2, -0.15) is 0 Å². The smallest absolute Gasteiger partial charge is 0.227 e. The lowest BCUT2D eigenvalue weighted by atomic mass is 10.1. The number of anilines is 3. The number of nitrogens with zero attached hydrogens (tertiary/aromatic N) is 4. The largest absolute Gasteiger partial charge is 0.436 e. The maximum Gasteiger partial charge on any atom is 0.227 e. The van der Waals surface area contributed by atoms with Gasteiger partial charge >= 0.3 is 0 Å². The molecule has 3 aromatic heterocycles. The van der Waals surface area contributed by atoms with Crippen LogP contribution < -0.4 is 4.90 Å². The monoisotopic (exact) mass is 662 g/mol. The predicted octanol–water partition coefficient (Wildman–Crippen LogP) is 12.2. The molecule has 10 aromatic rings. The number of hydrogen-bond acceptors (Lipinski definition) is 7. The molecular weight excluding hydrogens is 637 g/mol. The predicted molar refractivity (Wildman–Crippen MR) is 203 cm³/mol. The van der Waals surface area contributed by atoms with Gasteiger partial charge in [0.1, 0.15) is 16.0 Å². The lowest BCUT2D eigenvalue weighted by molar-refractivity contribution is 0.619. The number of aromatic nitrogens is 3. The Morgan fingerprint density at radius 2 is 0.880 bits per heavy atom. The van der Waals surface area contributed by atoms with Gasteiger partial charge in [0.25, 0.3) is 0 Å². The van der Waals surface area contributed by atoms with E-state index >= 15 is 0 Å². The Balaban J connectivity index is 1.02. The highest BCUT2D eigenvalue weighted by Gasteiger charge is 2.17. The summed E-state index contributed by atoms with van der Waals surface area (Å²) in [6.07, 6.45) is 0. The number of thiazole rings is 1. The van der Waals surface area contributed by atoms with E-state index in [1.165, 1.54) is 15.5 Å². The van der Waals surface area contributed by atoms with Gasteiger partial charge in [-0.15, -0.1) is 11.3 Å². The fourth-order valence-corrected chi connectivity index (χ4v) is 7.44. The van der Waals surface area contributed by atoms with Crippen molar-refractivity contribution < 1.29 is 8.83 Å². The van der Waals surface area contributed by atoms with Crippen LogP contribution in [0, 0.1) is 0 Å². The van der Waals surface area contributed by atoms with Gasteiger partial charge in [0.15, 0.2) is 11.2 Å². The molecule has 7 heteroatoms. The second kappa shape index (κ2) is 11.5. The first-order chi connectivity index (χ1) is 24.7. The molecule has 0 saturated heterocycles. The van der Waals surface area contributed by atoms with Crippen molar-refractivity contribution in [2.24, 2.45) is 0 Å². The number of fused-ring (bicyclic) bond motifs is 4. The van der Waals surface area contributed by atoms with Crippen molar-refractivity contribution >= 4 is 71.6 Å². The van der Waals surface area contributed by atoms with Crippen molar-refractivity contribution in [3.05, 3.63) is 158 Å². The fraction of sp³-hybridized carbons (Fsp3) is 0. The van der Waals surface area contributed by atoms with E-state index in [9.17, 15) is 0 Å². The maximum absolute atomic E-state index is 6.06. The Morgan fingerprint density at radius 1 is 0.420 bits per heavy atom. The van der Waals surface area contributed by atoms with Crippen LogP contribution in [0.2, 0.25) is 0 Å². The van der Waals surface area contributed by atoms with Crippen LogP contribution >= 0.6 is 11.3 Å².